The molecule has 2 N–H and O–H groups in total. The van der Waals surface area contributed by atoms with Crippen LogP contribution in [-0.2, 0) is 0 Å². The molecule has 0 rings (SSSR count). The summed E-state index contributed by atoms with van der Waals surface area (Å²) in [7, 11) is 0. The van der Waals surface area contributed by atoms with Crippen molar-refractivity contribution in [3.05, 3.63) is 12.2 Å². The Morgan fingerprint density at radius 3 is 2.40 bits per heavy atom. The van der Waals surface area contributed by atoms with E-state index >= 15 is 0 Å². The van der Waals surface area contributed by atoms with Crippen LogP contribution < -0.4 is 0 Å². The van der Waals surface area contributed by atoms with Crippen LogP contribution in [0.25, 0.3) is 0 Å². The molecule has 2 heteroatoms. The molecule has 0 radical (unpaired) electrons. The second-order valence-corrected chi connectivity index (χ2v) is 2.68. The van der Waals surface area contributed by atoms with Crippen molar-refractivity contribution in [3.8, 4) is 0 Å². The van der Waals surface area contributed by atoms with Gasteiger partial charge in [0.05, 0.1) is 6.10 Å². The molecule has 1 atom stereocenters. The average Bonchev–Trinajstić information content (AvgIpc) is 1.88. The highest BCUT2D eigenvalue weighted by molar-refractivity contribution is 4.89. The van der Waals surface area contributed by atoms with Crippen molar-refractivity contribution >= 4 is 0 Å². The Balaban J connectivity index is 3.45. The highest BCUT2D eigenvalue weighted by Gasteiger charge is 2.02. The monoisotopic (exact) mass is 144 g/mol. The van der Waals surface area contributed by atoms with Crippen molar-refractivity contribution in [1.29, 1.82) is 0 Å². The Kier molecular flexibility index (Phi) is 5.26. The standard InChI is InChI=1S/C8H16O2/c1-7(2)8(10)5-3-4-6-9/h3,5,7-10H,4,6H2,1-2H3/b5-3-. The molecule has 0 aromatic heterocycles. The largest absolute Gasteiger partial charge is 0.396 e. The van der Waals surface area contributed by atoms with Crippen molar-refractivity contribution in [2.45, 2.75) is 26.4 Å². The maximum Gasteiger partial charge on any atom is 0.0743 e. The number of hydrogen-bond acceptors (Lipinski definition) is 2. The zero-order valence-electron chi connectivity index (χ0n) is 6.62. The first-order valence-electron chi connectivity index (χ1n) is 3.64. The van der Waals surface area contributed by atoms with E-state index in [1.165, 1.54) is 0 Å². The zero-order chi connectivity index (χ0) is 7.98. The van der Waals surface area contributed by atoms with Crippen LogP contribution in [0.3, 0.4) is 0 Å². The van der Waals surface area contributed by atoms with Gasteiger partial charge in [0.2, 0.25) is 0 Å². The van der Waals surface area contributed by atoms with Crippen molar-refractivity contribution in [2.24, 2.45) is 5.92 Å². The summed E-state index contributed by atoms with van der Waals surface area (Å²) in [6, 6.07) is 0. The minimum absolute atomic E-state index is 0.154. The van der Waals surface area contributed by atoms with Gasteiger partial charge in [-0.3, -0.25) is 0 Å². The van der Waals surface area contributed by atoms with Crippen LogP contribution in [0, 0.1) is 5.92 Å². The van der Waals surface area contributed by atoms with Gasteiger partial charge < -0.3 is 10.2 Å². The third-order valence-electron chi connectivity index (χ3n) is 1.31. The van der Waals surface area contributed by atoms with Crippen LogP contribution in [0.2, 0.25) is 0 Å². The van der Waals surface area contributed by atoms with Crippen LogP contribution in [0.4, 0.5) is 0 Å². The molecule has 0 aliphatic rings. The summed E-state index contributed by atoms with van der Waals surface area (Å²) >= 11 is 0. The Bertz CT molecular complexity index is 97.4. The van der Waals surface area contributed by atoms with E-state index in [0.29, 0.717) is 6.42 Å². The van der Waals surface area contributed by atoms with Gasteiger partial charge >= 0.3 is 0 Å². The van der Waals surface area contributed by atoms with E-state index in [9.17, 15) is 5.11 Å². The average molecular weight is 144 g/mol. The summed E-state index contributed by atoms with van der Waals surface area (Å²) in [6.45, 7) is 4.06. The second-order valence-electron chi connectivity index (χ2n) is 2.68. The molecule has 0 bridgehead atoms. The SMILES string of the molecule is CC(C)C(O)/C=C\CCO. The Morgan fingerprint density at radius 1 is 1.40 bits per heavy atom. The number of hydrogen-bond donors (Lipinski definition) is 2. The lowest BCUT2D eigenvalue weighted by Gasteiger charge is -2.07. The van der Waals surface area contributed by atoms with Gasteiger partial charge in [-0.05, 0) is 12.3 Å². The molecule has 0 fully saturated rings. The summed E-state index contributed by atoms with van der Waals surface area (Å²) in [4.78, 5) is 0. The molecule has 0 saturated carbocycles. The lowest BCUT2D eigenvalue weighted by Crippen LogP contribution is -2.10. The molecule has 60 valence electrons. The van der Waals surface area contributed by atoms with Crippen LogP contribution in [0.5, 0.6) is 0 Å². The predicted molar refractivity (Wildman–Crippen MR) is 41.7 cm³/mol. The topological polar surface area (TPSA) is 40.5 Å². The fraction of sp³-hybridized carbons (Fsp3) is 0.750. The molecule has 2 nitrogen and oxygen atoms in total. The predicted octanol–water partition coefficient (Wildman–Crippen LogP) is 0.942. The van der Waals surface area contributed by atoms with E-state index in [4.69, 9.17) is 5.11 Å². The van der Waals surface area contributed by atoms with Crippen molar-refractivity contribution in [3.63, 3.8) is 0 Å². The summed E-state index contributed by atoms with van der Waals surface area (Å²) < 4.78 is 0. The van der Waals surface area contributed by atoms with Gasteiger partial charge in [0, 0.05) is 6.61 Å². The fourth-order valence-electron chi connectivity index (χ4n) is 0.532. The van der Waals surface area contributed by atoms with Crippen LogP contribution in [-0.4, -0.2) is 22.9 Å². The van der Waals surface area contributed by atoms with Gasteiger partial charge in [0.15, 0.2) is 0 Å². The van der Waals surface area contributed by atoms with Gasteiger partial charge in [-0.2, -0.15) is 0 Å². The van der Waals surface area contributed by atoms with Gasteiger partial charge in [-0.15, -0.1) is 0 Å². The van der Waals surface area contributed by atoms with E-state index in [-0.39, 0.29) is 18.6 Å². The van der Waals surface area contributed by atoms with Crippen LogP contribution in [0.15, 0.2) is 12.2 Å². The molecule has 1 unspecified atom stereocenters. The normalized spacial score (nSPS) is 14.9. The molecule has 0 aliphatic heterocycles. The molecule has 0 aromatic rings. The van der Waals surface area contributed by atoms with E-state index in [1.54, 1.807) is 12.2 Å². The quantitative estimate of drug-likeness (QED) is 0.576. The minimum atomic E-state index is -0.369. The van der Waals surface area contributed by atoms with Crippen molar-refractivity contribution in [1.82, 2.24) is 0 Å². The van der Waals surface area contributed by atoms with Gasteiger partial charge in [0.1, 0.15) is 0 Å². The van der Waals surface area contributed by atoms with E-state index in [0.717, 1.165) is 0 Å². The summed E-state index contributed by atoms with van der Waals surface area (Å²) in [5, 5.41) is 17.6. The van der Waals surface area contributed by atoms with E-state index < -0.39 is 0 Å². The third-order valence-corrected chi connectivity index (χ3v) is 1.31. The number of rotatable bonds is 4. The number of aliphatic hydroxyl groups excluding tert-OH is 2. The molecule has 0 spiro atoms. The molecule has 0 amide bonds. The first kappa shape index (κ1) is 9.66. The van der Waals surface area contributed by atoms with Gasteiger partial charge in [-0.1, -0.05) is 26.0 Å². The van der Waals surface area contributed by atoms with Crippen LogP contribution >= 0.6 is 0 Å². The Hall–Kier alpha value is -0.340. The molecule has 0 heterocycles. The van der Waals surface area contributed by atoms with Crippen molar-refractivity contribution < 1.29 is 10.2 Å². The molecule has 0 aromatic carbocycles. The Morgan fingerprint density at radius 2 is 2.00 bits per heavy atom. The molecular formula is C8H16O2. The molecule has 10 heavy (non-hydrogen) atoms. The third kappa shape index (κ3) is 4.53. The molecular weight excluding hydrogens is 128 g/mol. The second kappa shape index (κ2) is 5.45. The van der Waals surface area contributed by atoms with E-state index in [1.807, 2.05) is 13.8 Å². The number of aliphatic hydroxyl groups is 2. The molecule has 0 saturated heterocycles. The van der Waals surface area contributed by atoms with Gasteiger partial charge in [0.25, 0.3) is 0 Å². The first-order valence-corrected chi connectivity index (χ1v) is 3.64. The molecule has 0 aliphatic carbocycles. The maximum absolute atomic E-state index is 9.18. The zero-order valence-corrected chi connectivity index (χ0v) is 6.62. The van der Waals surface area contributed by atoms with E-state index in [2.05, 4.69) is 0 Å². The lowest BCUT2D eigenvalue weighted by molar-refractivity contribution is 0.171. The minimum Gasteiger partial charge on any atom is -0.396 e. The van der Waals surface area contributed by atoms with Crippen LogP contribution in [0.1, 0.15) is 20.3 Å². The fourth-order valence-corrected chi connectivity index (χ4v) is 0.532. The summed E-state index contributed by atoms with van der Waals surface area (Å²) in [5.74, 6) is 0.259. The lowest BCUT2D eigenvalue weighted by atomic mass is 10.1. The van der Waals surface area contributed by atoms with Gasteiger partial charge in [-0.25, -0.2) is 0 Å². The highest BCUT2D eigenvalue weighted by atomic mass is 16.3. The highest BCUT2D eigenvalue weighted by Crippen LogP contribution is 2.02. The Labute approximate surface area is 62.2 Å². The summed E-state index contributed by atoms with van der Waals surface area (Å²) in [5.41, 5.74) is 0. The first-order chi connectivity index (χ1) is 4.68. The maximum atomic E-state index is 9.18. The van der Waals surface area contributed by atoms with Crippen molar-refractivity contribution in [2.75, 3.05) is 6.61 Å². The summed E-state index contributed by atoms with van der Waals surface area (Å²) in [6.07, 6.45) is 3.78. The smallest absolute Gasteiger partial charge is 0.0743 e.